The highest BCUT2D eigenvalue weighted by Crippen LogP contribution is 2.34. The van der Waals surface area contributed by atoms with Crippen LogP contribution in [0.25, 0.3) is 21.8 Å². The van der Waals surface area contributed by atoms with Gasteiger partial charge >= 0.3 is 5.97 Å². The maximum atomic E-state index is 11.1. The second-order valence-corrected chi connectivity index (χ2v) is 6.05. The summed E-state index contributed by atoms with van der Waals surface area (Å²) in [4.78, 5) is 20.5. The molecule has 2 aromatic heterocycles. The van der Waals surface area contributed by atoms with Crippen molar-refractivity contribution in [2.75, 3.05) is 0 Å². The molecule has 0 atom stereocenters. The first kappa shape index (κ1) is 14.4. The van der Waals surface area contributed by atoms with Gasteiger partial charge in [-0.25, -0.2) is 4.98 Å². The Morgan fingerprint density at radius 1 is 1.09 bits per heavy atom. The highest BCUT2D eigenvalue weighted by molar-refractivity contribution is 7.15. The average Bonchev–Trinajstić information content (AvgIpc) is 2.92. The van der Waals surface area contributed by atoms with Gasteiger partial charge in [0.05, 0.1) is 12.1 Å². The monoisotopic (exact) mass is 310 g/mol. The maximum Gasteiger partial charge on any atom is 0.308 e. The van der Waals surface area contributed by atoms with Crippen molar-refractivity contribution in [3.63, 3.8) is 0 Å². The van der Waals surface area contributed by atoms with Crippen molar-refractivity contribution in [1.29, 1.82) is 0 Å². The molecular weight excluding hydrogens is 296 g/mol. The molecule has 3 aromatic rings. The summed E-state index contributed by atoms with van der Waals surface area (Å²) in [6.07, 6.45) is 3.34. The smallest absolute Gasteiger partial charge is 0.308 e. The number of thiazole rings is 1. The van der Waals surface area contributed by atoms with E-state index in [1.165, 1.54) is 16.9 Å². The van der Waals surface area contributed by atoms with E-state index in [-0.39, 0.29) is 6.42 Å². The van der Waals surface area contributed by atoms with Crippen molar-refractivity contribution in [2.45, 2.75) is 13.3 Å². The van der Waals surface area contributed by atoms with Crippen molar-refractivity contribution in [3.05, 3.63) is 59.2 Å². The lowest BCUT2D eigenvalue weighted by Crippen LogP contribution is -1.99. The first-order valence-electron chi connectivity index (χ1n) is 6.82. The second-order valence-electron chi connectivity index (χ2n) is 4.96. The van der Waals surface area contributed by atoms with Crippen LogP contribution in [0.15, 0.2) is 48.8 Å². The predicted molar refractivity (Wildman–Crippen MR) is 86.9 cm³/mol. The first-order valence-corrected chi connectivity index (χ1v) is 7.64. The van der Waals surface area contributed by atoms with Crippen LogP contribution >= 0.6 is 11.3 Å². The predicted octanol–water partition coefficient (Wildman–Crippen LogP) is 3.81. The van der Waals surface area contributed by atoms with Crippen molar-refractivity contribution < 1.29 is 9.90 Å². The molecule has 0 aliphatic heterocycles. The largest absolute Gasteiger partial charge is 0.481 e. The number of carboxylic acids is 1. The number of pyridine rings is 1. The fourth-order valence-corrected chi connectivity index (χ4v) is 3.24. The molecule has 0 bridgehead atoms. The van der Waals surface area contributed by atoms with Gasteiger partial charge in [-0.2, -0.15) is 0 Å². The normalized spacial score (nSPS) is 10.6. The van der Waals surface area contributed by atoms with Gasteiger partial charge in [-0.05, 0) is 19.1 Å². The third-order valence-corrected chi connectivity index (χ3v) is 4.37. The lowest BCUT2D eigenvalue weighted by atomic mass is 10.1. The van der Waals surface area contributed by atoms with Gasteiger partial charge in [0.15, 0.2) is 0 Å². The quantitative estimate of drug-likeness (QED) is 0.796. The summed E-state index contributed by atoms with van der Waals surface area (Å²) in [5.41, 5.74) is 3.80. The molecule has 110 valence electrons. The van der Waals surface area contributed by atoms with Crippen molar-refractivity contribution in [2.24, 2.45) is 0 Å². The fraction of sp³-hybridized carbons (Fsp3) is 0.118. The van der Waals surface area contributed by atoms with E-state index in [4.69, 9.17) is 5.11 Å². The van der Waals surface area contributed by atoms with E-state index in [2.05, 4.69) is 9.97 Å². The zero-order chi connectivity index (χ0) is 15.5. The van der Waals surface area contributed by atoms with Crippen LogP contribution in [0.5, 0.6) is 0 Å². The molecule has 4 nitrogen and oxygen atoms in total. The highest BCUT2D eigenvalue weighted by atomic mass is 32.1. The Labute approximate surface area is 132 Å². The Balaban J connectivity index is 2.08. The number of benzene rings is 1. The molecule has 0 amide bonds. The molecule has 3 rings (SSSR count). The summed E-state index contributed by atoms with van der Waals surface area (Å²) >= 11 is 1.43. The SMILES string of the molecule is Cc1ccc(-c2nc(-c3ccncc3)c(CC(=O)O)s2)cc1. The zero-order valence-corrected chi connectivity index (χ0v) is 12.8. The number of hydrogen-bond donors (Lipinski definition) is 1. The highest BCUT2D eigenvalue weighted by Gasteiger charge is 2.16. The van der Waals surface area contributed by atoms with E-state index >= 15 is 0 Å². The van der Waals surface area contributed by atoms with Crippen LogP contribution in [0.2, 0.25) is 0 Å². The molecule has 0 saturated heterocycles. The van der Waals surface area contributed by atoms with Gasteiger partial charge in [0.1, 0.15) is 5.01 Å². The number of carbonyl (C=O) groups is 1. The lowest BCUT2D eigenvalue weighted by molar-refractivity contribution is -0.136. The Kier molecular flexibility index (Phi) is 3.98. The minimum Gasteiger partial charge on any atom is -0.481 e. The standard InChI is InChI=1S/C17H14N2O2S/c1-11-2-4-13(5-3-11)17-19-16(12-6-8-18-9-7-12)14(22-17)10-15(20)21/h2-9H,10H2,1H3,(H,20,21). The summed E-state index contributed by atoms with van der Waals surface area (Å²) < 4.78 is 0. The van der Waals surface area contributed by atoms with E-state index in [9.17, 15) is 4.79 Å². The molecule has 0 saturated carbocycles. The summed E-state index contributed by atoms with van der Waals surface area (Å²) in [7, 11) is 0. The van der Waals surface area contributed by atoms with Gasteiger partial charge in [-0.3, -0.25) is 9.78 Å². The number of carboxylic acid groups (broad SMARTS) is 1. The first-order chi connectivity index (χ1) is 10.6. The molecule has 0 fully saturated rings. The molecule has 1 aromatic carbocycles. The molecule has 1 N–H and O–H groups in total. The number of aromatic nitrogens is 2. The van der Waals surface area contributed by atoms with Crippen LogP contribution < -0.4 is 0 Å². The molecular formula is C17H14N2O2S. The van der Waals surface area contributed by atoms with Crippen molar-refractivity contribution in [1.82, 2.24) is 9.97 Å². The number of rotatable bonds is 4. The summed E-state index contributed by atoms with van der Waals surface area (Å²) in [6, 6.07) is 11.8. The molecule has 0 unspecified atom stereocenters. The number of nitrogens with zero attached hydrogens (tertiary/aromatic N) is 2. The van der Waals surface area contributed by atoms with Crippen LogP contribution in [0.1, 0.15) is 10.4 Å². The fourth-order valence-electron chi connectivity index (χ4n) is 2.16. The van der Waals surface area contributed by atoms with Crippen LogP contribution in [0.4, 0.5) is 0 Å². The molecule has 0 aliphatic rings. The summed E-state index contributed by atoms with van der Waals surface area (Å²) in [5.74, 6) is -0.852. The number of aryl methyl sites for hydroxylation is 1. The van der Waals surface area contributed by atoms with Gasteiger partial charge in [0, 0.05) is 28.4 Å². The van der Waals surface area contributed by atoms with Crippen LogP contribution in [-0.2, 0) is 11.2 Å². The van der Waals surface area contributed by atoms with Gasteiger partial charge in [-0.15, -0.1) is 11.3 Å². The Bertz CT molecular complexity index is 795. The molecule has 0 radical (unpaired) electrons. The second kappa shape index (κ2) is 6.07. The van der Waals surface area contributed by atoms with Gasteiger partial charge < -0.3 is 5.11 Å². The van der Waals surface area contributed by atoms with Crippen LogP contribution in [0, 0.1) is 6.92 Å². The van der Waals surface area contributed by atoms with Crippen molar-refractivity contribution in [3.8, 4) is 21.8 Å². The third-order valence-electron chi connectivity index (χ3n) is 3.26. The minimum absolute atomic E-state index is 0.0266. The summed E-state index contributed by atoms with van der Waals surface area (Å²) in [6.45, 7) is 2.03. The Morgan fingerprint density at radius 3 is 2.41 bits per heavy atom. The average molecular weight is 310 g/mol. The van der Waals surface area contributed by atoms with Gasteiger partial charge in [-0.1, -0.05) is 29.8 Å². The molecule has 0 aliphatic carbocycles. The Hall–Kier alpha value is -2.53. The van der Waals surface area contributed by atoms with E-state index in [0.29, 0.717) is 0 Å². The van der Waals surface area contributed by atoms with E-state index in [0.717, 1.165) is 26.7 Å². The number of aliphatic carboxylic acids is 1. The molecule has 5 heteroatoms. The Morgan fingerprint density at radius 2 is 1.77 bits per heavy atom. The van der Waals surface area contributed by atoms with E-state index < -0.39 is 5.97 Å². The van der Waals surface area contributed by atoms with Crippen LogP contribution in [-0.4, -0.2) is 21.0 Å². The van der Waals surface area contributed by atoms with E-state index in [1.807, 2.05) is 43.3 Å². The third kappa shape index (κ3) is 3.04. The summed E-state index contributed by atoms with van der Waals surface area (Å²) in [5, 5.41) is 9.96. The van der Waals surface area contributed by atoms with Crippen molar-refractivity contribution >= 4 is 17.3 Å². The van der Waals surface area contributed by atoms with Gasteiger partial charge in [0.2, 0.25) is 0 Å². The number of hydrogen-bond acceptors (Lipinski definition) is 4. The topological polar surface area (TPSA) is 63.1 Å². The molecule has 22 heavy (non-hydrogen) atoms. The zero-order valence-electron chi connectivity index (χ0n) is 12.0. The van der Waals surface area contributed by atoms with E-state index in [1.54, 1.807) is 12.4 Å². The lowest BCUT2D eigenvalue weighted by Gasteiger charge is -1.99. The molecule has 0 spiro atoms. The van der Waals surface area contributed by atoms with Gasteiger partial charge in [0.25, 0.3) is 0 Å². The minimum atomic E-state index is -0.852. The maximum absolute atomic E-state index is 11.1. The van der Waals surface area contributed by atoms with Crippen LogP contribution in [0.3, 0.4) is 0 Å². The molecule has 2 heterocycles.